The van der Waals surface area contributed by atoms with Crippen LogP contribution in [0.3, 0.4) is 0 Å². The lowest BCUT2D eigenvalue weighted by molar-refractivity contribution is -0.136. The van der Waals surface area contributed by atoms with E-state index in [1.165, 1.54) is 7.11 Å². The van der Waals surface area contributed by atoms with Crippen molar-refractivity contribution in [1.29, 1.82) is 0 Å². The van der Waals surface area contributed by atoms with Gasteiger partial charge in [0.05, 0.1) is 35.1 Å². The quantitative estimate of drug-likeness (QED) is 0.0615. The number of hydrazone groups is 1. The number of rotatable bonds is 13. The fourth-order valence-electron chi connectivity index (χ4n) is 4.28. The summed E-state index contributed by atoms with van der Waals surface area (Å²) in [5, 5.41) is 19.9. The van der Waals surface area contributed by atoms with Gasteiger partial charge in [-0.1, -0.05) is 34.1 Å². The summed E-state index contributed by atoms with van der Waals surface area (Å²) in [7, 11) is 1.28. The van der Waals surface area contributed by atoms with Gasteiger partial charge in [-0.2, -0.15) is 5.10 Å². The maximum atomic E-state index is 12.4. The van der Waals surface area contributed by atoms with Crippen molar-refractivity contribution in [3.63, 3.8) is 0 Å². The number of hydrogen-bond donors (Lipinski definition) is 4. The van der Waals surface area contributed by atoms with Crippen LogP contribution < -0.4 is 30.3 Å². The zero-order valence-electron chi connectivity index (χ0n) is 24.2. The Kier molecular flexibility index (Phi) is 11.9. The topological polar surface area (TPSA) is 140 Å². The number of urea groups is 1. The molecule has 13 heteroatoms. The second kappa shape index (κ2) is 15.8. The lowest BCUT2D eigenvalue weighted by atomic mass is 9.95. The molecule has 4 rings (SSSR count). The summed E-state index contributed by atoms with van der Waals surface area (Å²) in [6.45, 7) is 4.12. The van der Waals surface area contributed by atoms with E-state index < -0.39 is 24.3 Å². The van der Waals surface area contributed by atoms with Crippen LogP contribution in [-0.2, 0) is 16.1 Å². The number of ether oxygens (including phenoxy) is 4. The van der Waals surface area contributed by atoms with Gasteiger partial charge in [0.1, 0.15) is 19.0 Å². The molecular weight excluding hydrogens is 747 g/mol. The summed E-state index contributed by atoms with van der Waals surface area (Å²) in [6, 6.07) is 17.5. The van der Waals surface area contributed by atoms with Crippen molar-refractivity contribution < 1.29 is 33.6 Å². The van der Waals surface area contributed by atoms with Gasteiger partial charge in [0, 0.05) is 10.2 Å². The molecule has 0 aliphatic carbocycles. The maximum absolute atomic E-state index is 12.4. The van der Waals surface area contributed by atoms with Crippen LogP contribution in [0.25, 0.3) is 0 Å². The number of esters is 1. The van der Waals surface area contributed by atoms with Gasteiger partial charge in [-0.15, -0.1) is 0 Å². The zero-order valence-corrected chi connectivity index (χ0v) is 28.0. The molecule has 0 spiro atoms. The van der Waals surface area contributed by atoms with Crippen molar-refractivity contribution in [3.8, 4) is 17.2 Å². The molecule has 1 heterocycles. The number of carbonyl (C=O) groups is 2. The molecule has 0 unspecified atom stereocenters. The van der Waals surface area contributed by atoms with E-state index in [4.69, 9.17) is 18.9 Å². The highest BCUT2D eigenvalue weighted by Crippen LogP contribution is 2.35. The highest BCUT2D eigenvalue weighted by Gasteiger charge is 2.32. The van der Waals surface area contributed by atoms with E-state index in [-0.39, 0.29) is 12.2 Å². The normalized spacial score (nSPS) is 15.3. The number of methoxy groups -OCH3 is 1. The third-order valence-electron chi connectivity index (χ3n) is 6.37. The largest absolute Gasteiger partial charge is 0.490 e. The molecule has 0 bridgehead atoms. The summed E-state index contributed by atoms with van der Waals surface area (Å²) in [6.07, 6.45) is 0.472. The summed E-state index contributed by atoms with van der Waals surface area (Å²) in [5.74, 6) is 0.948. The van der Waals surface area contributed by atoms with Crippen molar-refractivity contribution in [3.05, 3.63) is 96.7 Å². The van der Waals surface area contributed by atoms with Gasteiger partial charge >= 0.3 is 12.0 Å². The van der Waals surface area contributed by atoms with E-state index in [0.29, 0.717) is 36.0 Å². The van der Waals surface area contributed by atoms with Gasteiger partial charge in [-0.3, -0.25) is 5.43 Å². The minimum Gasteiger partial charge on any atom is -0.490 e. The Morgan fingerprint density at radius 2 is 1.84 bits per heavy atom. The number of aliphatic hydroxyl groups excluding tert-OH is 1. The van der Waals surface area contributed by atoms with Crippen LogP contribution in [0.1, 0.15) is 36.6 Å². The number of amides is 2. The Balaban J connectivity index is 1.34. The maximum Gasteiger partial charge on any atom is 0.337 e. The monoisotopic (exact) mass is 778 g/mol. The van der Waals surface area contributed by atoms with Crippen LogP contribution in [0.2, 0.25) is 0 Å². The first-order valence-corrected chi connectivity index (χ1v) is 15.4. The molecule has 44 heavy (non-hydrogen) atoms. The first-order chi connectivity index (χ1) is 21.2. The standard InChI is InChI=1S/C31H32BrIN4O7/c1-4-42-26-14-21(29-28(30(39)41-3)18(2)35-31(40)36-29)8-12-25(26)44-17-27(38)37-34-15-20-7-11-24(23(33)13-20)43-16-19-5-9-22(32)10-6-19/h5-15,27,29,37-38H,4,16-17H2,1-3H3,(H2,35,36,40)/b34-15-/t27-,29-/m0/s1. The SMILES string of the molecule is CCOc1cc([C@@H]2NC(=O)NC(C)=C2C(=O)OC)ccc1OC[C@H](O)N/N=C\c1ccc(OCc2ccc(Br)cc2)c(I)c1. The number of benzene rings is 3. The number of nitrogens with one attached hydrogen (secondary N) is 3. The number of nitrogens with zero attached hydrogens (tertiary/aromatic N) is 1. The van der Waals surface area contributed by atoms with Crippen molar-refractivity contribution in [2.45, 2.75) is 32.7 Å². The molecule has 0 saturated heterocycles. The number of hydrogen-bond acceptors (Lipinski definition) is 9. The molecule has 4 N–H and O–H groups in total. The van der Waals surface area contributed by atoms with Crippen molar-refractivity contribution in [2.24, 2.45) is 5.10 Å². The first-order valence-electron chi connectivity index (χ1n) is 13.6. The first kappa shape index (κ1) is 33.1. The van der Waals surface area contributed by atoms with Crippen LogP contribution in [0, 0.1) is 3.57 Å². The molecule has 3 aromatic rings. The Labute approximate surface area is 277 Å². The minimum atomic E-state index is -1.12. The Bertz CT molecular complexity index is 1550. The van der Waals surface area contributed by atoms with Gasteiger partial charge in [-0.05, 0) is 95.6 Å². The molecule has 3 aromatic carbocycles. The second-order valence-corrected chi connectivity index (χ2v) is 11.6. The van der Waals surface area contributed by atoms with Crippen LogP contribution in [0.15, 0.2) is 81.5 Å². The Morgan fingerprint density at radius 1 is 1.09 bits per heavy atom. The molecular formula is C31H32BrIN4O7. The van der Waals surface area contributed by atoms with E-state index in [0.717, 1.165) is 24.9 Å². The predicted octanol–water partition coefficient (Wildman–Crippen LogP) is 5.15. The van der Waals surface area contributed by atoms with Gasteiger partial charge in [-0.25, -0.2) is 9.59 Å². The van der Waals surface area contributed by atoms with Crippen molar-refractivity contribution in [2.75, 3.05) is 20.3 Å². The molecule has 0 saturated carbocycles. The van der Waals surface area contributed by atoms with Crippen LogP contribution >= 0.6 is 38.5 Å². The zero-order chi connectivity index (χ0) is 31.6. The molecule has 1 aliphatic rings. The Morgan fingerprint density at radius 3 is 2.55 bits per heavy atom. The molecule has 0 fully saturated rings. The summed E-state index contributed by atoms with van der Waals surface area (Å²) in [5.41, 5.74) is 5.80. The number of carbonyl (C=O) groups excluding carboxylic acids is 2. The van der Waals surface area contributed by atoms with E-state index in [9.17, 15) is 14.7 Å². The summed E-state index contributed by atoms with van der Waals surface area (Å²) >= 11 is 5.64. The van der Waals surface area contributed by atoms with Gasteiger partial charge in [0.25, 0.3) is 0 Å². The second-order valence-electron chi connectivity index (χ2n) is 9.52. The number of aliphatic hydroxyl groups is 1. The summed E-state index contributed by atoms with van der Waals surface area (Å²) in [4.78, 5) is 24.6. The third kappa shape index (κ3) is 8.86. The average molecular weight is 779 g/mol. The molecule has 1 aliphatic heterocycles. The highest BCUT2D eigenvalue weighted by molar-refractivity contribution is 14.1. The molecule has 0 radical (unpaired) electrons. The van der Waals surface area contributed by atoms with Crippen LogP contribution in [0.4, 0.5) is 4.79 Å². The van der Waals surface area contributed by atoms with Gasteiger partial charge < -0.3 is 34.7 Å². The predicted molar refractivity (Wildman–Crippen MR) is 177 cm³/mol. The fourth-order valence-corrected chi connectivity index (χ4v) is 5.24. The van der Waals surface area contributed by atoms with E-state index >= 15 is 0 Å². The van der Waals surface area contributed by atoms with Crippen LogP contribution in [0.5, 0.6) is 17.2 Å². The Hall–Kier alpha value is -3.82. The number of allylic oxidation sites excluding steroid dienone is 1. The number of halogens is 2. The van der Waals surface area contributed by atoms with E-state index in [2.05, 4.69) is 59.7 Å². The molecule has 2 amide bonds. The molecule has 232 valence electrons. The average Bonchev–Trinajstić information content (AvgIpc) is 3.00. The molecule has 0 aromatic heterocycles. The van der Waals surface area contributed by atoms with E-state index in [1.807, 2.05) is 49.4 Å². The lowest BCUT2D eigenvalue weighted by Gasteiger charge is -2.28. The highest BCUT2D eigenvalue weighted by atomic mass is 127. The van der Waals surface area contributed by atoms with Crippen LogP contribution in [-0.4, -0.2) is 49.9 Å². The van der Waals surface area contributed by atoms with Crippen molar-refractivity contribution >= 4 is 56.7 Å². The minimum absolute atomic E-state index is 0.131. The third-order valence-corrected chi connectivity index (χ3v) is 7.74. The molecule has 11 nitrogen and oxygen atoms in total. The van der Waals surface area contributed by atoms with Gasteiger partial charge in [0.2, 0.25) is 0 Å². The lowest BCUT2D eigenvalue weighted by Crippen LogP contribution is -2.45. The fraction of sp³-hybridized carbons (Fsp3) is 0.258. The van der Waals surface area contributed by atoms with Crippen molar-refractivity contribution in [1.82, 2.24) is 16.1 Å². The smallest absolute Gasteiger partial charge is 0.337 e. The summed E-state index contributed by atoms with van der Waals surface area (Å²) < 4.78 is 24.4. The van der Waals surface area contributed by atoms with E-state index in [1.54, 1.807) is 31.3 Å². The van der Waals surface area contributed by atoms with Gasteiger partial charge in [0.15, 0.2) is 17.7 Å². The molecule has 2 atom stereocenters.